The highest BCUT2D eigenvalue weighted by Gasteiger charge is 2.17. The number of nitrogens with zero attached hydrogens (tertiary/aromatic N) is 5. The van der Waals surface area contributed by atoms with E-state index in [9.17, 15) is 0 Å². The van der Waals surface area contributed by atoms with Gasteiger partial charge in [0, 0.05) is 46.7 Å². The Bertz CT molecular complexity index is 866. The van der Waals surface area contributed by atoms with Crippen molar-refractivity contribution in [3.8, 4) is 11.1 Å². The van der Waals surface area contributed by atoms with Crippen LogP contribution >= 0.6 is 0 Å². The molecule has 3 aromatic heterocycles. The van der Waals surface area contributed by atoms with Gasteiger partial charge in [-0.25, -0.2) is 9.67 Å². The van der Waals surface area contributed by atoms with Crippen LogP contribution in [-0.4, -0.2) is 31.2 Å². The Morgan fingerprint density at radius 2 is 2.09 bits per heavy atom. The molecule has 0 spiro atoms. The number of aryl methyl sites for hydroxylation is 3. The number of oxime groups is 1. The molecular formula is C16H17N5O. The molecule has 0 bridgehead atoms. The van der Waals surface area contributed by atoms with E-state index in [0.717, 1.165) is 45.5 Å². The van der Waals surface area contributed by atoms with Gasteiger partial charge in [0.25, 0.3) is 0 Å². The topological polar surface area (TPSA) is 76.2 Å². The Morgan fingerprint density at radius 1 is 1.27 bits per heavy atom. The molecule has 0 radical (unpaired) electrons. The van der Waals surface area contributed by atoms with E-state index in [-0.39, 0.29) is 0 Å². The molecule has 0 aliphatic rings. The fraction of sp³-hybridized carbons (Fsp3) is 0.250. The molecule has 112 valence electrons. The first-order chi connectivity index (χ1) is 10.7. The first-order valence-corrected chi connectivity index (χ1v) is 7.11. The van der Waals surface area contributed by atoms with E-state index in [0.29, 0.717) is 0 Å². The van der Waals surface area contributed by atoms with Gasteiger partial charge in [0.05, 0.1) is 12.4 Å². The van der Waals surface area contributed by atoms with E-state index in [1.807, 2.05) is 31.6 Å². The maximum atomic E-state index is 9.00. The van der Waals surface area contributed by atoms with Gasteiger partial charge in [0.15, 0.2) is 5.65 Å². The highest BCUT2D eigenvalue weighted by atomic mass is 16.4. The zero-order valence-electron chi connectivity index (χ0n) is 12.8. The first kappa shape index (κ1) is 14.2. The minimum absolute atomic E-state index is 0.745. The van der Waals surface area contributed by atoms with Crippen LogP contribution in [0, 0.1) is 13.8 Å². The largest absolute Gasteiger partial charge is 0.411 e. The van der Waals surface area contributed by atoms with Crippen molar-refractivity contribution in [2.24, 2.45) is 5.16 Å². The second-order valence-corrected chi connectivity index (χ2v) is 5.18. The number of aromatic nitrogens is 4. The molecule has 0 saturated carbocycles. The second-order valence-electron chi connectivity index (χ2n) is 5.18. The number of hydrogen-bond donors (Lipinski definition) is 1. The predicted octanol–water partition coefficient (Wildman–Crippen LogP) is 2.94. The maximum absolute atomic E-state index is 9.00. The van der Waals surface area contributed by atoms with Gasteiger partial charge in [-0.2, -0.15) is 5.10 Å². The molecule has 22 heavy (non-hydrogen) atoms. The second kappa shape index (κ2) is 5.55. The summed E-state index contributed by atoms with van der Waals surface area (Å²) in [6.45, 7) is 6.67. The average molecular weight is 295 g/mol. The standard InChI is InChI=1S/C16H17N5O/c1-4-21-16-14(8-18-21)15(12-5-10(2)6-17-7-12)13(9-19-22)11(3)20-16/h5-9,22H,4H2,1-3H3. The molecule has 0 aromatic carbocycles. The molecule has 0 amide bonds. The van der Waals surface area contributed by atoms with E-state index in [4.69, 9.17) is 5.21 Å². The molecule has 0 fully saturated rings. The lowest BCUT2D eigenvalue weighted by Gasteiger charge is -2.11. The molecule has 3 rings (SSSR count). The predicted molar refractivity (Wildman–Crippen MR) is 85.3 cm³/mol. The van der Waals surface area contributed by atoms with Crippen molar-refractivity contribution in [3.05, 3.63) is 41.5 Å². The summed E-state index contributed by atoms with van der Waals surface area (Å²) in [7, 11) is 0. The van der Waals surface area contributed by atoms with Crippen LogP contribution in [0.2, 0.25) is 0 Å². The number of rotatable bonds is 3. The Hall–Kier alpha value is -2.76. The van der Waals surface area contributed by atoms with Crippen LogP contribution in [0.25, 0.3) is 22.2 Å². The molecule has 0 aliphatic carbocycles. The lowest BCUT2D eigenvalue weighted by molar-refractivity contribution is 0.322. The highest BCUT2D eigenvalue weighted by molar-refractivity contribution is 6.03. The molecule has 0 aliphatic heterocycles. The summed E-state index contributed by atoms with van der Waals surface area (Å²) in [6.07, 6.45) is 6.84. The van der Waals surface area contributed by atoms with Crippen LogP contribution in [0.15, 0.2) is 29.8 Å². The summed E-state index contributed by atoms with van der Waals surface area (Å²) in [5, 5.41) is 17.5. The summed E-state index contributed by atoms with van der Waals surface area (Å²) in [6, 6.07) is 2.05. The summed E-state index contributed by atoms with van der Waals surface area (Å²) < 4.78 is 1.86. The van der Waals surface area contributed by atoms with Crippen molar-refractivity contribution in [1.82, 2.24) is 19.7 Å². The van der Waals surface area contributed by atoms with Crippen molar-refractivity contribution in [3.63, 3.8) is 0 Å². The van der Waals surface area contributed by atoms with Crippen LogP contribution in [0.4, 0.5) is 0 Å². The van der Waals surface area contributed by atoms with Crippen LogP contribution in [0.3, 0.4) is 0 Å². The van der Waals surface area contributed by atoms with Crippen molar-refractivity contribution in [1.29, 1.82) is 0 Å². The molecule has 3 aromatic rings. The van der Waals surface area contributed by atoms with Gasteiger partial charge in [-0.15, -0.1) is 0 Å². The molecule has 6 nitrogen and oxygen atoms in total. The SMILES string of the molecule is CCn1ncc2c(-c3cncc(C)c3)c(C=NO)c(C)nc21. The van der Waals surface area contributed by atoms with Crippen LogP contribution in [0.5, 0.6) is 0 Å². The van der Waals surface area contributed by atoms with Gasteiger partial charge in [0.2, 0.25) is 0 Å². The molecule has 0 saturated heterocycles. The summed E-state index contributed by atoms with van der Waals surface area (Å²) in [5.74, 6) is 0. The first-order valence-electron chi connectivity index (χ1n) is 7.11. The summed E-state index contributed by atoms with van der Waals surface area (Å²) >= 11 is 0. The smallest absolute Gasteiger partial charge is 0.158 e. The van der Waals surface area contributed by atoms with Crippen LogP contribution in [-0.2, 0) is 6.54 Å². The maximum Gasteiger partial charge on any atom is 0.158 e. The lowest BCUT2D eigenvalue weighted by Crippen LogP contribution is -2.02. The quantitative estimate of drug-likeness (QED) is 0.458. The minimum atomic E-state index is 0.745. The molecule has 6 heteroatoms. The summed E-state index contributed by atoms with van der Waals surface area (Å²) in [5.41, 5.74) is 5.36. The van der Waals surface area contributed by atoms with Gasteiger partial charge in [-0.05, 0) is 32.4 Å². The Morgan fingerprint density at radius 3 is 2.77 bits per heavy atom. The molecule has 3 heterocycles. The van der Waals surface area contributed by atoms with E-state index >= 15 is 0 Å². The van der Waals surface area contributed by atoms with Crippen molar-refractivity contribution in [2.45, 2.75) is 27.3 Å². The fourth-order valence-electron chi connectivity index (χ4n) is 2.67. The molecular weight excluding hydrogens is 278 g/mol. The van der Waals surface area contributed by atoms with Gasteiger partial charge in [-0.3, -0.25) is 4.98 Å². The van der Waals surface area contributed by atoms with Gasteiger partial charge < -0.3 is 5.21 Å². The zero-order valence-corrected chi connectivity index (χ0v) is 12.8. The van der Waals surface area contributed by atoms with E-state index in [1.165, 1.54) is 6.21 Å². The highest BCUT2D eigenvalue weighted by Crippen LogP contribution is 2.32. The average Bonchev–Trinajstić information content (AvgIpc) is 2.90. The molecule has 0 unspecified atom stereocenters. The normalized spacial score (nSPS) is 11.6. The third-order valence-electron chi connectivity index (χ3n) is 3.66. The zero-order chi connectivity index (χ0) is 15.7. The Labute approximate surface area is 128 Å². The number of hydrogen-bond acceptors (Lipinski definition) is 5. The van der Waals surface area contributed by atoms with E-state index in [2.05, 4.69) is 26.3 Å². The van der Waals surface area contributed by atoms with Crippen LogP contribution in [0.1, 0.15) is 23.7 Å². The Balaban J connectivity index is 2.43. The lowest BCUT2D eigenvalue weighted by atomic mass is 9.97. The third-order valence-corrected chi connectivity index (χ3v) is 3.66. The van der Waals surface area contributed by atoms with Crippen LogP contribution < -0.4 is 0 Å². The van der Waals surface area contributed by atoms with Gasteiger partial charge >= 0.3 is 0 Å². The van der Waals surface area contributed by atoms with Gasteiger partial charge in [-0.1, -0.05) is 5.16 Å². The third kappa shape index (κ3) is 2.22. The summed E-state index contributed by atoms with van der Waals surface area (Å²) in [4.78, 5) is 8.88. The number of fused-ring (bicyclic) bond motifs is 1. The van der Waals surface area contributed by atoms with E-state index in [1.54, 1.807) is 12.4 Å². The molecule has 0 atom stereocenters. The Kier molecular flexibility index (Phi) is 3.58. The monoisotopic (exact) mass is 295 g/mol. The van der Waals surface area contributed by atoms with Crippen molar-refractivity contribution >= 4 is 17.2 Å². The van der Waals surface area contributed by atoms with Gasteiger partial charge in [0.1, 0.15) is 0 Å². The molecule has 1 N–H and O–H groups in total. The van der Waals surface area contributed by atoms with Crippen molar-refractivity contribution < 1.29 is 5.21 Å². The fourth-order valence-corrected chi connectivity index (χ4v) is 2.67. The number of pyridine rings is 2. The van der Waals surface area contributed by atoms with Crippen molar-refractivity contribution in [2.75, 3.05) is 0 Å². The van der Waals surface area contributed by atoms with E-state index < -0.39 is 0 Å². The minimum Gasteiger partial charge on any atom is -0.411 e.